The molecule has 1 aromatic carbocycles. The number of hydrogen-bond donors (Lipinski definition) is 0. The predicted octanol–water partition coefficient (Wildman–Crippen LogP) is 2.78. The molecule has 1 aromatic rings. The number of carbonyl (C=O) groups excluding carboxylic acids is 1. The maximum absolute atomic E-state index is 12.2. The first kappa shape index (κ1) is 14.1. The second kappa shape index (κ2) is 4.65. The maximum atomic E-state index is 12.2. The van der Waals surface area contributed by atoms with Crippen LogP contribution >= 0.6 is 0 Å². The number of carbonyl (C=O) groups is 1. The number of nitriles is 2. The molecule has 4 nitrogen and oxygen atoms in total. The molecule has 1 saturated carbocycles. The summed E-state index contributed by atoms with van der Waals surface area (Å²) in [6.45, 7) is 5.31. The van der Waals surface area contributed by atoms with E-state index in [2.05, 4.69) is 0 Å². The van der Waals surface area contributed by atoms with Gasteiger partial charge in [0.1, 0.15) is 5.60 Å². The summed E-state index contributed by atoms with van der Waals surface area (Å²) >= 11 is 0. The fourth-order valence-electron chi connectivity index (χ4n) is 2.49. The molecule has 2 atom stereocenters. The molecule has 2 rings (SSSR count). The third-order valence-electron chi connectivity index (χ3n) is 3.39. The molecule has 4 heteroatoms. The highest BCUT2D eigenvalue weighted by molar-refractivity contribution is 5.83. The van der Waals surface area contributed by atoms with Gasteiger partial charge in [-0.1, -0.05) is 30.3 Å². The largest absolute Gasteiger partial charge is 0.460 e. The predicted molar refractivity (Wildman–Crippen MR) is 72.2 cm³/mol. The average molecular weight is 268 g/mol. The van der Waals surface area contributed by atoms with Crippen LogP contribution in [0.3, 0.4) is 0 Å². The van der Waals surface area contributed by atoms with Crippen molar-refractivity contribution in [2.75, 3.05) is 0 Å². The van der Waals surface area contributed by atoms with Crippen molar-refractivity contribution >= 4 is 5.97 Å². The molecule has 0 bridgehead atoms. The van der Waals surface area contributed by atoms with E-state index in [1.54, 1.807) is 20.8 Å². The molecular weight excluding hydrogens is 252 g/mol. The molecule has 0 aliphatic heterocycles. The molecule has 0 heterocycles. The minimum absolute atomic E-state index is 0.409. The smallest absolute Gasteiger partial charge is 0.312 e. The summed E-state index contributed by atoms with van der Waals surface area (Å²) in [6, 6.07) is 13.2. The standard InChI is InChI=1S/C16H16N2O2/c1-15(2,3)20-14(19)13-12(16(13,9-17)10-18)11-7-5-4-6-8-11/h4-8,12-13H,1-3H3/t12-,13+/m1/s1. The van der Waals surface area contributed by atoms with Crippen molar-refractivity contribution in [3.8, 4) is 12.1 Å². The molecule has 0 unspecified atom stereocenters. The van der Waals surface area contributed by atoms with E-state index in [4.69, 9.17) is 4.74 Å². The van der Waals surface area contributed by atoms with Crippen LogP contribution in [0.25, 0.3) is 0 Å². The highest BCUT2D eigenvalue weighted by atomic mass is 16.6. The summed E-state index contributed by atoms with van der Waals surface area (Å²) in [5.41, 5.74) is -1.10. The Morgan fingerprint density at radius 3 is 2.20 bits per heavy atom. The molecular formula is C16H16N2O2. The first-order valence-electron chi connectivity index (χ1n) is 6.46. The minimum Gasteiger partial charge on any atom is -0.460 e. The van der Waals surface area contributed by atoms with E-state index in [9.17, 15) is 15.3 Å². The molecule has 0 aromatic heterocycles. The second-order valence-corrected chi connectivity index (χ2v) is 5.99. The van der Waals surface area contributed by atoms with E-state index in [0.29, 0.717) is 0 Å². The Hall–Kier alpha value is -2.33. The number of ether oxygens (including phenoxy) is 1. The fourth-order valence-corrected chi connectivity index (χ4v) is 2.49. The van der Waals surface area contributed by atoms with Gasteiger partial charge in [0.15, 0.2) is 5.41 Å². The van der Waals surface area contributed by atoms with Crippen molar-refractivity contribution in [1.29, 1.82) is 10.5 Å². The Kier molecular flexibility index (Phi) is 3.28. The Balaban J connectivity index is 2.32. The van der Waals surface area contributed by atoms with Gasteiger partial charge in [0.25, 0.3) is 0 Å². The lowest BCUT2D eigenvalue weighted by Crippen LogP contribution is -2.26. The maximum Gasteiger partial charge on any atom is 0.312 e. The number of hydrogen-bond acceptors (Lipinski definition) is 4. The summed E-state index contributed by atoms with van der Waals surface area (Å²) in [4.78, 5) is 12.2. The van der Waals surface area contributed by atoms with Crippen molar-refractivity contribution < 1.29 is 9.53 Å². The van der Waals surface area contributed by atoms with Crippen LogP contribution in [0, 0.1) is 34.0 Å². The summed E-state index contributed by atoms with van der Waals surface area (Å²) in [7, 11) is 0. The van der Waals surface area contributed by atoms with Gasteiger partial charge in [-0.3, -0.25) is 4.79 Å². The van der Waals surface area contributed by atoms with Crippen molar-refractivity contribution in [1.82, 2.24) is 0 Å². The quantitative estimate of drug-likeness (QED) is 0.773. The Morgan fingerprint density at radius 1 is 1.20 bits per heavy atom. The molecule has 20 heavy (non-hydrogen) atoms. The monoisotopic (exact) mass is 268 g/mol. The van der Waals surface area contributed by atoms with E-state index in [-0.39, 0.29) is 0 Å². The van der Waals surface area contributed by atoms with Gasteiger partial charge in [0, 0.05) is 5.92 Å². The van der Waals surface area contributed by atoms with Crippen LogP contribution < -0.4 is 0 Å². The first-order chi connectivity index (χ1) is 9.35. The molecule has 0 amide bonds. The average Bonchev–Trinajstić information content (AvgIpc) is 3.07. The fraction of sp³-hybridized carbons (Fsp3) is 0.438. The summed E-state index contributed by atoms with van der Waals surface area (Å²) in [6.07, 6.45) is 0. The second-order valence-electron chi connectivity index (χ2n) is 5.99. The molecule has 1 fully saturated rings. The number of nitrogens with zero attached hydrogens (tertiary/aromatic N) is 2. The van der Waals surface area contributed by atoms with E-state index >= 15 is 0 Å². The van der Waals surface area contributed by atoms with E-state index < -0.39 is 28.8 Å². The van der Waals surface area contributed by atoms with Crippen LogP contribution in [0.1, 0.15) is 32.3 Å². The Morgan fingerprint density at radius 2 is 1.75 bits per heavy atom. The summed E-state index contributed by atoms with van der Waals surface area (Å²) in [5, 5.41) is 18.7. The van der Waals surface area contributed by atoms with Crippen LogP contribution in [0.4, 0.5) is 0 Å². The van der Waals surface area contributed by atoms with E-state index in [1.807, 2.05) is 42.5 Å². The summed E-state index contributed by atoms with van der Waals surface area (Å²) in [5.74, 6) is -1.60. The van der Waals surface area contributed by atoms with Gasteiger partial charge in [-0.25, -0.2) is 0 Å². The summed E-state index contributed by atoms with van der Waals surface area (Å²) < 4.78 is 5.33. The SMILES string of the molecule is CC(C)(C)OC(=O)[C@@H]1[C@@H](c2ccccc2)C1(C#N)C#N. The molecule has 0 N–H and O–H groups in total. The Labute approximate surface area is 118 Å². The van der Waals surface area contributed by atoms with Gasteiger partial charge in [-0.15, -0.1) is 0 Å². The van der Waals surface area contributed by atoms with Crippen molar-refractivity contribution in [3.05, 3.63) is 35.9 Å². The van der Waals surface area contributed by atoms with Crippen molar-refractivity contribution in [2.45, 2.75) is 32.3 Å². The molecule has 1 aliphatic carbocycles. The highest BCUT2D eigenvalue weighted by Crippen LogP contribution is 2.64. The van der Waals surface area contributed by atoms with Crippen LogP contribution in [-0.4, -0.2) is 11.6 Å². The van der Waals surface area contributed by atoms with Crippen LogP contribution in [0.15, 0.2) is 30.3 Å². The van der Waals surface area contributed by atoms with Gasteiger partial charge in [0.2, 0.25) is 0 Å². The zero-order valence-electron chi connectivity index (χ0n) is 11.8. The van der Waals surface area contributed by atoms with Gasteiger partial charge < -0.3 is 4.74 Å². The number of esters is 1. The lowest BCUT2D eigenvalue weighted by Gasteiger charge is -2.19. The number of benzene rings is 1. The number of rotatable bonds is 2. The van der Waals surface area contributed by atoms with Crippen LogP contribution in [-0.2, 0) is 9.53 Å². The molecule has 0 radical (unpaired) electrons. The highest BCUT2D eigenvalue weighted by Gasteiger charge is 2.72. The van der Waals surface area contributed by atoms with Crippen LogP contribution in [0.5, 0.6) is 0 Å². The van der Waals surface area contributed by atoms with Gasteiger partial charge >= 0.3 is 5.97 Å². The Bertz CT molecular complexity index is 588. The van der Waals surface area contributed by atoms with E-state index in [1.165, 1.54) is 0 Å². The lowest BCUT2D eigenvalue weighted by atomic mass is 10.0. The van der Waals surface area contributed by atoms with Gasteiger partial charge in [0.05, 0.1) is 18.1 Å². The third kappa shape index (κ3) is 2.26. The molecule has 0 saturated heterocycles. The molecule has 0 spiro atoms. The van der Waals surface area contributed by atoms with E-state index in [0.717, 1.165) is 5.56 Å². The minimum atomic E-state index is -1.30. The molecule has 1 aliphatic rings. The van der Waals surface area contributed by atoms with Gasteiger partial charge in [-0.2, -0.15) is 10.5 Å². The van der Waals surface area contributed by atoms with Gasteiger partial charge in [-0.05, 0) is 26.3 Å². The zero-order chi connectivity index (χ0) is 15.0. The van der Waals surface area contributed by atoms with Crippen molar-refractivity contribution in [3.63, 3.8) is 0 Å². The molecule has 102 valence electrons. The van der Waals surface area contributed by atoms with Crippen molar-refractivity contribution in [2.24, 2.45) is 11.3 Å². The normalized spacial score (nSPS) is 23.2. The lowest BCUT2D eigenvalue weighted by molar-refractivity contribution is -0.157. The topological polar surface area (TPSA) is 73.9 Å². The first-order valence-corrected chi connectivity index (χ1v) is 6.46. The third-order valence-corrected chi connectivity index (χ3v) is 3.39. The zero-order valence-corrected chi connectivity index (χ0v) is 11.8. The van der Waals surface area contributed by atoms with Crippen LogP contribution in [0.2, 0.25) is 0 Å².